The highest BCUT2D eigenvalue weighted by Gasteiger charge is 2.24. The van der Waals surface area contributed by atoms with Crippen molar-refractivity contribution in [2.24, 2.45) is 0 Å². The summed E-state index contributed by atoms with van der Waals surface area (Å²) < 4.78 is 27.1. The Labute approximate surface area is 112 Å². The number of hydrogen-bond acceptors (Lipinski definition) is 1. The fourth-order valence-electron chi connectivity index (χ4n) is 2.28. The minimum Gasteiger partial charge on any atom is -0.377 e. The number of fused-ring (bicyclic) bond motifs is 1. The smallest absolute Gasteiger partial charge is 0.159 e. The summed E-state index contributed by atoms with van der Waals surface area (Å²) >= 11 is 3.48. The average molecular weight is 310 g/mol. The summed E-state index contributed by atoms with van der Waals surface area (Å²) in [5.41, 5.74) is 2.98. The Hall–Kier alpha value is -1.42. The summed E-state index contributed by atoms with van der Waals surface area (Å²) in [6, 6.07) is 10.0. The molecule has 1 N–H and O–H groups in total. The lowest BCUT2D eigenvalue weighted by molar-refractivity contribution is 0.506. The molecular weight excluding hydrogens is 300 g/mol. The van der Waals surface area contributed by atoms with Gasteiger partial charge in [-0.3, -0.25) is 0 Å². The van der Waals surface area contributed by atoms with Gasteiger partial charge < -0.3 is 5.32 Å². The van der Waals surface area contributed by atoms with Crippen LogP contribution in [0.1, 0.15) is 17.2 Å². The van der Waals surface area contributed by atoms with Crippen LogP contribution in [0.2, 0.25) is 0 Å². The molecule has 18 heavy (non-hydrogen) atoms. The molecule has 1 atom stereocenters. The summed E-state index contributed by atoms with van der Waals surface area (Å²) in [6.45, 7) is 0. The number of halogens is 3. The van der Waals surface area contributed by atoms with Gasteiger partial charge in [0.1, 0.15) is 0 Å². The zero-order valence-corrected chi connectivity index (χ0v) is 11.0. The van der Waals surface area contributed by atoms with Crippen LogP contribution >= 0.6 is 15.9 Å². The monoisotopic (exact) mass is 309 g/mol. The molecule has 0 bridgehead atoms. The van der Waals surface area contributed by atoms with Crippen molar-refractivity contribution in [3.63, 3.8) is 0 Å². The lowest BCUT2D eigenvalue weighted by Gasteiger charge is -2.12. The van der Waals surface area contributed by atoms with Crippen LogP contribution in [-0.2, 0) is 6.42 Å². The SMILES string of the molecule is Fc1ccc(C2Cc3cccc(Br)c3N2)cc1F. The third-order valence-electron chi connectivity index (χ3n) is 3.19. The van der Waals surface area contributed by atoms with Crippen molar-refractivity contribution in [2.45, 2.75) is 12.5 Å². The van der Waals surface area contributed by atoms with E-state index in [4.69, 9.17) is 0 Å². The highest BCUT2D eigenvalue weighted by Crippen LogP contribution is 2.38. The van der Waals surface area contributed by atoms with Crippen LogP contribution in [0.25, 0.3) is 0 Å². The first-order chi connectivity index (χ1) is 8.65. The molecule has 1 unspecified atom stereocenters. The summed E-state index contributed by atoms with van der Waals surface area (Å²) in [4.78, 5) is 0. The molecule has 1 aliphatic heterocycles. The summed E-state index contributed by atoms with van der Waals surface area (Å²) in [5, 5.41) is 3.33. The van der Waals surface area contributed by atoms with Gasteiger partial charge in [-0.1, -0.05) is 18.2 Å². The van der Waals surface area contributed by atoms with Crippen molar-refractivity contribution in [3.8, 4) is 0 Å². The van der Waals surface area contributed by atoms with Crippen molar-refractivity contribution in [3.05, 3.63) is 63.6 Å². The Kier molecular flexibility index (Phi) is 2.82. The predicted molar refractivity (Wildman–Crippen MR) is 70.6 cm³/mol. The summed E-state index contributed by atoms with van der Waals surface area (Å²) in [7, 11) is 0. The molecular formula is C14H10BrF2N. The van der Waals surface area contributed by atoms with Crippen LogP contribution in [0.3, 0.4) is 0 Å². The van der Waals surface area contributed by atoms with Gasteiger partial charge in [-0.15, -0.1) is 0 Å². The first-order valence-electron chi connectivity index (χ1n) is 5.64. The molecule has 1 aliphatic rings. The standard InChI is InChI=1S/C14H10BrF2N/c15-10-3-1-2-9-7-13(18-14(9)10)8-4-5-11(16)12(17)6-8/h1-6,13,18H,7H2. The van der Waals surface area contributed by atoms with Crippen molar-refractivity contribution in [2.75, 3.05) is 5.32 Å². The molecule has 1 nitrogen and oxygen atoms in total. The third-order valence-corrected chi connectivity index (χ3v) is 3.85. The number of benzene rings is 2. The van der Waals surface area contributed by atoms with Gasteiger partial charge in [-0.2, -0.15) is 0 Å². The Morgan fingerprint density at radius 3 is 2.67 bits per heavy atom. The van der Waals surface area contributed by atoms with E-state index < -0.39 is 11.6 Å². The number of rotatable bonds is 1. The van der Waals surface area contributed by atoms with E-state index >= 15 is 0 Å². The van der Waals surface area contributed by atoms with Crippen molar-refractivity contribution in [1.29, 1.82) is 0 Å². The quantitative estimate of drug-likeness (QED) is 0.821. The summed E-state index contributed by atoms with van der Waals surface area (Å²) in [5.74, 6) is -1.61. The normalized spacial score (nSPS) is 17.4. The number of nitrogens with one attached hydrogen (secondary N) is 1. The number of para-hydroxylation sites is 1. The molecule has 0 fully saturated rings. The first kappa shape index (κ1) is 11.7. The van der Waals surface area contributed by atoms with Crippen LogP contribution < -0.4 is 5.32 Å². The lowest BCUT2D eigenvalue weighted by atomic mass is 10.0. The molecule has 4 heteroatoms. The number of anilines is 1. The van der Waals surface area contributed by atoms with Crippen LogP contribution in [0.15, 0.2) is 40.9 Å². The highest BCUT2D eigenvalue weighted by atomic mass is 79.9. The molecule has 0 saturated carbocycles. The second-order valence-electron chi connectivity index (χ2n) is 4.35. The predicted octanol–water partition coefficient (Wildman–Crippen LogP) is 4.44. The topological polar surface area (TPSA) is 12.0 Å². The largest absolute Gasteiger partial charge is 0.377 e. The average Bonchev–Trinajstić information content (AvgIpc) is 2.78. The van der Waals surface area contributed by atoms with E-state index in [1.165, 1.54) is 17.7 Å². The molecule has 2 aromatic carbocycles. The highest BCUT2D eigenvalue weighted by molar-refractivity contribution is 9.10. The fourth-order valence-corrected chi connectivity index (χ4v) is 2.80. The van der Waals surface area contributed by atoms with Gasteiger partial charge in [0.25, 0.3) is 0 Å². The second kappa shape index (κ2) is 4.35. The molecule has 0 radical (unpaired) electrons. The molecule has 2 aromatic rings. The molecule has 0 amide bonds. The second-order valence-corrected chi connectivity index (χ2v) is 5.20. The zero-order valence-electron chi connectivity index (χ0n) is 9.38. The molecule has 0 aliphatic carbocycles. The van der Waals surface area contributed by atoms with E-state index in [0.717, 1.165) is 22.1 Å². The molecule has 92 valence electrons. The van der Waals surface area contributed by atoms with Crippen LogP contribution in [0.4, 0.5) is 14.5 Å². The molecule has 0 saturated heterocycles. The molecule has 3 rings (SSSR count). The van der Waals surface area contributed by atoms with Crippen molar-refractivity contribution >= 4 is 21.6 Å². The van der Waals surface area contributed by atoms with E-state index in [9.17, 15) is 8.78 Å². The van der Waals surface area contributed by atoms with Gasteiger partial charge in [-0.25, -0.2) is 8.78 Å². The molecule has 0 spiro atoms. The van der Waals surface area contributed by atoms with Crippen LogP contribution in [0, 0.1) is 11.6 Å². The van der Waals surface area contributed by atoms with E-state index in [1.807, 2.05) is 18.2 Å². The lowest BCUT2D eigenvalue weighted by Crippen LogP contribution is -2.06. The van der Waals surface area contributed by atoms with Crippen LogP contribution in [0.5, 0.6) is 0 Å². The Morgan fingerprint density at radius 1 is 1.11 bits per heavy atom. The maximum absolute atomic E-state index is 13.2. The van der Waals surface area contributed by atoms with Gasteiger partial charge in [0.15, 0.2) is 11.6 Å². The molecule has 1 heterocycles. The Balaban J connectivity index is 1.94. The van der Waals surface area contributed by atoms with Gasteiger partial charge in [0.2, 0.25) is 0 Å². The fraction of sp³-hybridized carbons (Fsp3) is 0.143. The van der Waals surface area contributed by atoms with E-state index in [0.29, 0.717) is 0 Å². The zero-order chi connectivity index (χ0) is 12.7. The minimum atomic E-state index is -0.810. The van der Waals surface area contributed by atoms with Crippen LogP contribution in [-0.4, -0.2) is 0 Å². The summed E-state index contributed by atoms with van der Waals surface area (Å²) in [6.07, 6.45) is 0.778. The van der Waals surface area contributed by atoms with Crippen molar-refractivity contribution in [1.82, 2.24) is 0 Å². The minimum absolute atomic E-state index is 0.00574. The van der Waals surface area contributed by atoms with Gasteiger partial charge in [0, 0.05) is 4.47 Å². The van der Waals surface area contributed by atoms with E-state index in [-0.39, 0.29) is 6.04 Å². The Bertz CT molecular complexity index is 613. The van der Waals surface area contributed by atoms with E-state index in [1.54, 1.807) is 6.07 Å². The third kappa shape index (κ3) is 1.90. The Morgan fingerprint density at radius 2 is 1.94 bits per heavy atom. The number of hydrogen-bond donors (Lipinski definition) is 1. The van der Waals surface area contributed by atoms with Gasteiger partial charge in [-0.05, 0) is 51.7 Å². The van der Waals surface area contributed by atoms with Crippen molar-refractivity contribution < 1.29 is 8.78 Å². The first-order valence-corrected chi connectivity index (χ1v) is 6.43. The van der Waals surface area contributed by atoms with Gasteiger partial charge in [0.05, 0.1) is 11.7 Å². The van der Waals surface area contributed by atoms with Gasteiger partial charge >= 0.3 is 0 Å². The maximum atomic E-state index is 13.2. The maximum Gasteiger partial charge on any atom is 0.159 e. The van der Waals surface area contributed by atoms with E-state index in [2.05, 4.69) is 21.2 Å². The molecule has 0 aromatic heterocycles.